The van der Waals surface area contributed by atoms with Gasteiger partial charge in [-0.2, -0.15) is 0 Å². The molecule has 4 nitrogen and oxygen atoms in total. The van der Waals surface area contributed by atoms with E-state index in [-0.39, 0.29) is 18.2 Å². The van der Waals surface area contributed by atoms with Crippen molar-refractivity contribution in [1.29, 1.82) is 0 Å². The molecule has 3 heterocycles. The van der Waals surface area contributed by atoms with Gasteiger partial charge in [0, 0.05) is 37.2 Å². The summed E-state index contributed by atoms with van der Waals surface area (Å²) in [4.78, 5) is 6.48. The maximum absolute atomic E-state index is 14.8. The van der Waals surface area contributed by atoms with Gasteiger partial charge in [0.25, 0.3) is 0 Å². The molecule has 4 aromatic rings. The number of anilines is 1. The van der Waals surface area contributed by atoms with Gasteiger partial charge in [-0.15, -0.1) is 0 Å². The van der Waals surface area contributed by atoms with Crippen LogP contribution in [0.3, 0.4) is 0 Å². The standard InChI is InChI=1S/C23H20FN3O/c1-26-10-8-17-11-15(6-7-22(17)26)16-4-5-18(20(24)12-16)13-27-14-21-19(23(27)28)3-2-9-25-21/h2-7,9,11-12,14,28H,8,10,13H2,1H3. The number of rotatable bonds is 3. The summed E-state index contributed by atoms with van der Waals surface area (Å²) in [7, 11) is 2.09. The van der Waals surface area contributed by atoms with Gasteiger partial charge in [0.2, 0.25) is 5.88 Å². The van der Waals surface area contributed by atoms with Crippen LogP contribution in [0.5, 0.6) is 5.88 Å². The van der Waals surface area contributed by atoms with E-state index in [1.807, 2.05) is 12.1 Å². The highest BCUT2D eigenvalue weighted by molar-refractivity contribution is 5.84. The van der Waals surface area contributed by atoms with Crippen molar-refractivity contribution in [3.8, 4) is 17.0 Å². The number of fused-ring (bicyclic) bond motifs is 2. The molecule has 28 heavy (non-hydrogen) atoms. The summed E-state index contributed by atoms with van der Waals surface area (Å²) >= 11 is 0. The van der Waals surface area contributed by atoms with Crippen molar-refractivity contribution in [1.82, 2.24) is 9.55 Å². The summed E-state index contributed by atoms with van der Waals surface area (Å²) in [6.07, 6.45) is 4.44. The Hall–Kier alpha value is -3.34. The van der Waals surface area contributed by atoms with Crippen LogP contribution in [0.4, 0.5) is 10.1 Å². The van der Waals surface area contributed by atoms with E-state index in [1.165, 1.54) is 11.3 Å². The van der Waals surface area contributed by atoms with Gasteiger partial charge in [0.1, 0.15) is 5.82 Å². The first-order valence-electron chi connectivity index (χ1n) is 9.36. The number of nitrogens with zero attached hydrogens (tertiary/aromatic N) is 3. The first-order chi connectivity index (χ1) is 13.6. The normalized spacial score (nSPS) is 13.3. The molecule has 2 aromatic carbocycles. The molecule has 140 valence electrons. The molecule has 0 atom stereocenters. The zero-order valence-electron chi connectivity index (χ0n) is 15.6. The Morgan fingerprint density at radius 2 is 1.93 bits per heavy atom. The van der Waals surface area contributed by atoms with Gasteiger partial charge in [-0.25, -0.2) is 4.39 Å². The fourth-order valence-corrected chi connectivity index (χ4v) is 3.98. The van der Waals surface area contributed by atoms with Gasteiger partial charge in [-0.3, -0.25) is 4.98 Å². The van der Waals surface area contributed by atoms with E-state index in [0.29, 0.717) is 16.5 Å². The Morgan fingerprint density at radius 1 is 1.11 bits per heavy atom. The third-order valence-corrected chi connectivity index (χ3v) is 5.56. The second-order valence-corrected chi connectivity index (χ2v) is 7.34. The number of hydrogen-bond donors (Lipinski definition) is 1. The van der Waals surface area contributed by atoms with Gasteiger partial charge in [0.05, 0.1) is 17.4 Å². The Morgan fingerprint density at radius 3 is 2.75 bits per heavy atom. The van der Waals surface area contributed by atoms with Crippen LogP contribution in [-0.4, -0.2) is 28.3 Å². The zero-order valence-corrected chi connectivity index (χ0v) is 15.6. The van der Waals surface area contributed by atoms with Crippen molar-refractivity contribution in [3.63, 3.8) is 0 Å². The molecule has 0 radical (unpaired) electrons. The molecule has 0 aliphatic carbocycles. The van der Waals surface area contributed by atoms with Crippen LogP contribution in [0.25, 0.3) is 22.0 Å². The van der Waals surface area contributed by atoms with E-state index in [4.69, 9.17) is 0 Å². The van der Waals surface area contributed by atoms with Crippen molar-refractivity contribution in [2.24, 2.45) is 0 Å². The zero-order chi connectivity index (χ0) is 19.3. The third kappa shape index (κ3) is 2.71. The molecule has 0 saturated heterocycles. The second kappa shape index (κ2) is 6.37. The maximum Gasteiger partial charge on any atom is 0.201 e. The lowest BCUT2D eigenvalue weighted by Gasteiger charge is -2.13. The van der Waals surface area contributed by atoms with E-state index in [9.17, 15) is 9.50 Å². The van der Waals surface area contributed by atoms with Crippen molar-refractivity contribution >= 4 is 16.6 Å². The largest absolute Gasteiger partial charge is 0.494 e. The minimum Gasteiger partial charge on any atom is -0.494 e. The fraction of sp³-hybridized carbons (Fsp3) is 0.174. The van der Waals surface area contributed by atoms with E-state index in [2.05, 4.69) is 29.1 Å². The van der Waals surface area contributed by atoms with Crippen molar-refractivity contribution in [2.75, 3.05) is 18.5 Å². The summed E-state index contributed by atoms with van der Waals surface area (Å²) in [6, 6.07) is 15.2. The van der Waals surface area contributed by atoms with Crippen LogP contribution in [-0.2, 0) is 13.0 Å². The molecule has 2 aromatic heterocycles. The summed E-state index contributed by atoms with van der Waals surface area (Å²) in [6.45, 7) is 1.28. The lowest BCUT2D eigenvalue weighted by molar-refractivity contribution is 0.428. The Balaban J connectivity index is 1.46. The number of likely N-dealkylation sites (N-methyl/N-ethyl adjacent to an activating group) is 1. The molecule has 0 unspecified atom stereocenters. The molecule has 1 N–H and O–H groups in total. The molecular weight excluding hydrogens is 353 g/mol. The number of aromatic hydroxyl groups is 1. The first-order valence-corrected chi connectivity index (χ1v) is 9.36. The van der Waals surface area contributed by atoms with Crippen molar-refractivity contribution in [3.05, 3.63) is 77.9 Å². The third-order valence-electron chi connectivity index (χ3n) is 5.56. The molecule has 0 amide bonds. The first kappa shape index (κ1) is 16.8. The topological polar surface area (TPSA) is 41.3 Å². The van der Waals surface area contributed by atoms with Crippen LogP contribution < -0.4 is 4.90 Å². The maximum atomic E-state index is 14.8. The van der Waals surface area contributed by atoms with E-state index < -0.39 is 0 Å². The number of hydrogen-bond acceptors (Lipinski definition) is 3. The van der Waals surface area contributed by atoms with E-state index in [1.54, 1.807) is 41.2 Å². The molecule has 5 rings (SSSR count). The molecule has 1 aliphatic heterocycles. The van der Waals surface area contributed by atoms with E-state index in [0.717, 1.165) is 24.1 Å². The SMILES string of the molecule is CN1CCc2cc(-c3ccc(Cn4cc5ncccc5c4O)c(F)c3)ccc21. The fourth-order valence-electron chi connectivity index (χ4n) is 3.98. The van der Waals surface area contributed by atoms with Gasteiger partial charge in [-0.05, 0) is 53.4 Å². The highest BCUT2D eigenvalue weighted by Gasteiger charge is 2.17. The predicted octanol–water partition coefficient (Wildman–Crippen LogP) is 4.59. The minimum absolute atomic E-state index is 0.106. The summed E-state index contributed by atoms with van der Waals surface area (Å²) in [5.41, 5.74) is 5.67. The predicted molar refractivity (Wildman–Crippen MR) is 109 cm³/mol. The van der Waals surface area contributed by atoms with Crippen LogP contribution in [0, 0.1) is 5.82 Å². The minimum atomic E-state index is -0.278. The van der Waals surface area contributed by atoms with Gasteiger partial charge < -0.3 is 14.6 Å². The number of halogens is 1. The van der Waals surface area contributed by atoms with Gasteiger partial charge in [-0.1, -0.05) is 18.2 Å². The van der Waals surface area contributed by atoms with Gasteiger partial charge >= 0.3 is 0 Å². The summed E-state index contributed by atoms with van der Waals surface area (Å²) < 4.78 is 16.5. The Bertz CT molecular complexity index is 1200. The lowest BCUT2D eigenvalue weighted by Crippen LogP contribution is -2.12. The molecule has 0 saturated carbocycles. The number of aromatic nitrogens is 2. The highest BCUT2D eigenvalue weighted by Crippen LogP contribution is 2.32. The number of pyridine rings is 1. The molecule has 0 spiro atoms. The molecule has 0 bridgehead atoms. The summed E-state index contributed by atoms with van der Waals surface area (Å²) in [5, 5.41) is 11.1. The average Bonchev–Trinajstić information content (AvgIpc) is 3.23. The van der Waals surface area contributed by atoms with E-state index >= 15 is 0 Å². The Labute approximate surface area is 162 Å². The monoisotopic (exact) mass is 373 g/mol. The summed E-state index contributed by atoms with van der Waals surface area (Å²) in [5.74, 6) is -0.172. The smallest absolute Gasteiger partial charge is 0.201 e. The average molecular weight is 373 g/mol. The van der Waals surface area contributed by atoms with Crippen molar-refractivity contribution in [2.45, 2.75) is 13.0 Å². The second-order valence-electron chi connectivity index (χ2n) is 7.34. The van der Waals surface area contributed by atoms with Crippen LogP contribution in [0.2, 0.25) is 0 Å². The van der Waals surface area contributed by atoms with Crippen molar-refractivity contribution < 1.29 is 9.50 Å². The van der Waals surface area contributed by atoms with Crippen LogP contribution in [0.1, 0.15) is 11.1 Å². The molecular formula is C23H20FN3O. The van der Waals surface area contributed by atoms with Gasteiger partial charge in [0.15, 0.2) is 0 Å². The molecule has 1 aliphatic rings. The van der Waals surface area contributed by atoms with Crippen LogP contribution in [0.15, 0.2) is 60.9 Å². The lowest BCUT2D eigenvalue weighted by atomic mass is 10.00. The molecule has 5 heteroatoms. The quantitative estimate of drug-likeness (QED) is 0.571. The Kier molecular flexibility index (Phi) is 3.83. The highest BCUT2D eigenvalue weighted by atomic mass is 19.1. The number of benzene rings is 2. The molecule has 0 fully saturated rings. The van der Waals surface area contributed by atoms with Crippen LogP contribution >= 0.6 is 0 Å².